The Morgan fingerprint density at radius 1 is 0.421 bits per heavy atom. The number of allylic oxidation sites excluding steroid dienone is 10. The molecular weight excluding hydrogens is 1410 g/mol. The molecule has 4 aliphatic carbocycles. The number of benzene rings is 13. The van der Waals surface area contributed by atoms with Crippen molar-refractivity contribution in [2.24, 2.45) is 0 Å². The van der Waals surface area contributed by atoms with Gasteiger partial charge >= 0.3 is 0 Å². The minimum atomic E-state index is -0.588. The first kappa shape index (κ1) is 65.1. The zero-order valence-electron chi connectivity index (χ0n) is 59.5. The van der Waals surface area contributed by atoms with E-state index in [0.29, 0.717) is 0 Å². The topological polar surface area (TPSA) is 16.3 Å². The molecule has 0 saturated carbocycles. The van der Waals surface area contributed by atoms with E-state index >= 15 is 0 Å². The van der Waals surface area contributed by atoms with E-state index in [1.54, 1.807) is 0 Å². The summed E-state index contributed by atoms with van der Waals surface area (Å²) in [6.07, 6.45) is 29.5. The Morgan fingerprint density at radius 2 is 0.879 bits per heavy atom. The van der Waals surface area contributed by atoms with Crippen molar-refractivity contribution in [3.63, 3.8) is 0 Å². The third-order valence-electron chi connectivity index (χ3n) is 22.7. The van der Waals surface area contributed by atoms with Crippen molar-refractivity contribution < 1.29 is 0 Å². The summed E-state index contributed by atoms with van der Waals surface area (Å²) in [6, 6.07) is 112. The molecule has 0 aliphatic heterocycles. The first-order chi connectivity index (χ1) is 52.9. The lowest BCUT2D eigenvalue weighted by molar-refractivity contribution is 0.681. The first-order valence-corrected chi connectivity index (χ1v) is 38.4. The molecule has 0 radical (unpaired) electrons. The van der Waals surface area contributed by atoms with Crippen LogP contribution in [0.15, 0.2) is 358 Å². The highest BCUT2D eigenvalue weighted by Gasteiger charge is 2.53. The lowest BCUT2D eigenvalue weighted by Gasteiger charge is -2.33. The summed E-state index contributed by atoms with van der Waals surface area (Å²) in [6.45, 7) is 8.61. The Labute approximate surface area is 639 Å². The molecule has 0 amide bonds. The van der Waals surface area contributed by atoms with Gasteiger partial charge in [0.2, 0.25) is 0 Å². The molecule has 4 nitrogen and oxygen atoms in total. The van der Waals surface area contributed by atoms with Crippen LogP contribution < -0.4 is 9.80 Å². The number of hydrogen-bond acceptors (Lipinski definition) is 2. The van der Waals surface area contributed by atoms with Crippen LogP contribution in [-0.2, 0) is 10.8 Å². The zero-order valence-corrected chi connectivity index (χ0v) is 61.7. The van der Waals surface area contributed by atoms with Gasteiger partial charge in [0.1, 0.15) is 0 Å². The first-order valence-electron chi connectivity index (χ1n) is 36.9. The molecule has 0 bridgehead atoms. The molecule has 2 heterocycles. The maximum atomic E-state index is 6.60. The number of alkyl halides is 1. The van der Waals surface area contributed by atoms with Crippen molar-refractivity contribution >= 4 is 119 Å². The van der Waals surface area contributed by atoms with Crippen LogP contribution in [0.3, 0.4) is 0 Å². The Hall–Kier alpha value is -12.7. The van der Waals surface area contributed by atoms with Crippen molar-refractivity contribution in [2.45, 2.75) is 31.1 Å². The second kappa shape index (κ2) is 26.4. The molecule has 19 rings (SSSR count). The third kappa shape index (κ3) is 10.1. The fourth-order valence-electron chi connectivity index (χ4n) is 18.4. The number of terminal acetylenes is 1. The summed E-state index contributed by atoms with van der Waals surface area (Å²) in [5, 5.41) is 3.41. The van der Waals surface area contributed by atoms with Gasteiger partial charge < -0.3 is 18.9 Å². The maximum absolute atomic E-state index is 6.60. The number of halogens is 1. The van der Waals surface area contributed by atoms with Crippen molar-refractivity contribution in [1.29, 1.82) is 0 Å². The standard InChI is InChI=1S/C102H73IN4/c1-5-27-92-79(7-3)82-35-17-22-41-93(82)102(92)94-42-23-18-37-84(94)86-59-55-78(66-96(86)102)105(75-56-60-99-88(63-75)80(8-4)97(28-6-2)106(99)71-30-11-9-12-31-71)74-52-48-69(49-53-74)45-44-68-46-50-73(51-47-68)104(76-57-61-100-89(64-76)87-38-19-24-43-98(87)107(100)72-32-13-10-14-33-72)77-54-58-85-83-36-16-21-40-91(83)101(95(85)65-77)67-70(29-25-26-62-103)81-34-15-20-39-90(81)101/h4-7,9-61,63-66H,3,62,67H2,1-2H3/b26-25-,27-5-,28-6-,45-44+,70-29+. The summed E-state index contributed by atoms with van der Waals surface area (Å²) in [7, 11) is 0. The Morgan fingerprint density at radius 3 is 1.49 bits per heavy atom. The number of nitrogens with zero attached hydrogens (tertiary/aromatic N) is 4. The van der Waals surface area contributed by atoms with Crippen LogP contribution in [0.1, 0.15) is 87.2 Å². The zero-order chi connectivity index (χ0) is 71.9. The highest BCUT2D eigenvalue weighted by Crippen LogP contribution is 2.65. The predicted octanol–water partition coefficient (Wildman–Crippen LogP) is 26.8. The van der Waals surface area contributed by atoms with Crippen LogP contribution in [0.25, 0.3) is 95.7 Å². The van der Waals surface area contributed by atoms with E-state index in [9.17, 15) is 0 Å². The molecule has 2 unspecified atom stereocenters. The average molecular weight is 1480 g/mol. The quantitative estimate of drug-likeness (QED) is 0.0440. The molecule has 13 aromatic carbocycles. The fourth-order valence-corrected chi connectivity index (χ4v) is 18.7. The van der Waals surface area contributed by atoms with Crippen LogP contribution in [0.4, 0.5) is 34.1 Å². The van der Waals surface area contributed by atoms with Crippen LogP contribution >= 0.6 is 22.6 Å². The largest absolute Gasteiger partial charge is 0.310 e. The normalized spacial score (nSPS) is 16.3. The lowest BCUT2D eigenvalue weighted by atomic mass is 9.69. The number of rotatable bonds is 15. The molecule has 0 fully saturated rings. The Balaban J connectivity index is 0.724. The molecular formula is C102H73IN4. The summed E-state index contributed by atoms with van der Waals surface area (Å²) in [5.74, 6) is 3.15. The van der Waals surface area contributed by atoms with E-state index in [1.807, 2.05) is 13.0 Å². The molecule has 2 spiro atoms. The number of hydrogen-bond donors (Lipinski definition) is 0. The lowest BCUT2D eigenvalue weighted by Crippen LogP contribution is -2.27. The maximum Gasteiger partial charge on any atom is 0.0726 e. The number of fused-ring (bicyclic) bond motifs is 18. The highest BCUT2D eigenvalue weighted by atomic mass is 127. The van der Waals surface area contributed by atoms with Crippen LogP contribution in [0, 0.1) is 12.3 Å². The molecule has 4 aliphatic rings. The van der Waals surface area contributed by atoms with Gasteiger partial charge in [0.25, 0.3) is 0 Å². The molecule has 107 heavy (non-hydrogen) atoms. The third-order valence-corrected chi connectivity index (χ3v) is 23.2. The SMILES string of the molecule is C#Cc1c(/C=C\C)n(-c2ccccc2)c2ccc(N(c3ccc(/C=C/c4ccc(N(c5ccc6c(c5)C5(C/C(=C\C=C/CI)c7ccccc75)c5ccccc5-6)c5ccc6c(c5)c5ccccc5n6-c5ccccc5)cc4)cc3)c3ccc4c(c3)C3(C(/C=C\C)=C(C=C)c5ccccc53)c3ccccc3-4)cc12. The summed E-state index contributed by atoms with van der Waals surface area (Å²) in [5.41, 5.74) is 34.0. The van der Waals surface area contributed by atoms with E-state index in [0.717, 1.165) is 101 Å². The monoisotopic (exact) mass is 1480 g/mol. The minimum Gasteiger partial charge on any atom is -0.310 e. The summed E-state index contributed by atoms with van der Waals surface area (Å²) >= 11 is 2.43. The molecule has 2 aromatic heterocycles. The van der Waals surface area contributed by atoms with Gasteiger partial charge in [-0.05, 0) is 236 Å². The second-order valence-corrected chi connectivity index (χ2v) is 29.0. The van der Waals surface area contributed by atoms with Gasteiger partial charge in [-0.25, -0.2) is 0 Å². The van der Waals surface area contributed by atoms with E-state index < -0.39 is 5.41 Å². The van der Waals surface area contributed by atoms with Gasteiger partial charge in [-0.15, -0.1) is 6.42 Å². The Kier molecular flexibility index (Phi) is 16.1. The number of para-hydroxylation sites is 3. The predicted molar refractivity (Wildman–Crippen MR) is 461 cm³/mol. The summed E-state index contributed by atoms with van der Waals surface area (Å²) in [4.78, 5) is 4.88. The highest BCUT2D eigenvalue weighted by molar-refractivity contribution is 14.1. The van der Waals surface area contributed by atoms with Crippen LogP contribution in [0.5, 0.6) is 0 Å². The molecule has 508 valence electrons. The smallest absolute Gasteiger partial charge is 0.0726 e. The van der Waals surface area contributed by atoms with E-state index in [2.05, 4.69) is 419 Å². The van der Waals surface area contributed by atoms with E-state index in [1.165, 1.54) is 94.2 Å². The van der Waals surface area contributed by atoms with Gasteiger partial charge in [-0.2, -0.15) is 0 Å². The van der Waals surface area contributed by atoms with E-state index in [-0.39, 0.29) is 5.41 Å². The van der Waals surface area contributed by atoms with Gasteiger partial charge in [-0.1, -0.05) is 278 Å². The van der Waals surface area contributed by atoms with Crippen molar-refractivity contribution in [1.82, 2.24) is 9.13 Å². The van der Waals surface area contributed by atoms with Crippen LogP contribution in [-0.4, -0.2) is 13.6 Å². The van der Waals surface area contributed by atoms with Gasteiger partial charge in [0, 0.05) is 66.1 Å². The van der Waals surface area contributed by atoms with Crippen molar-refractivity contribution in [3.8, 4) is 46.0 Å². The van der Waals surface area contributed by atoms with Crippen LogP contribution in [0.2, 0.25) is 0 Å². The van der Waals surface area contributed by atoms with Gasteiger partial charge in [0.05, 0.1) is 38.6 Å². The minimum absolute atomic E-state index is 0.370. The number of aromatic nitrogens is 2. The fraction of sp³-hybridized carbons (Fsp3) is 0.0588. The molecule has 2 atom stereocenters. The second-order valence-electron chi connectivity index (χ2n) is 28.1. The van der Waals surface area contributed by atoms with Crippen molar-refractivity contribution in [3.05, 3.63) is 425 Å². The van der Waals surface area contributed by atoms with Crippen molar-refractivity contribution in [2.75, 3.05) is 14.2 Å². The summed E-state index contributed by atoms with van der Waals surface area (Å²) < 4.78 is 5.64. The molecule has 0 saturated heterocycles. The molecule has 15 aromatic rings. The van der Waals surface area contributed by atoms with Gasteiger partial charge in [0.15, 0.2) is 0 Å². The number of anilines is 6. The molecule has 5 heteroatoms. The van der Waals surface area contributed by atoms with Gasteiger partial charge in [-0.3, -0.25) is 0 Å². The van der Waals surface area contributed by atoms with E-state index in [4.69, 9.17) is 6.42 Å². The average Bonchev–Trinajstić information content (AvgIpc) is 1.52. The molecule has 0 N–H and O–H groups in total. The Bertz CT molecular complexity index is 6380.